The fourth-order valence-corrected chi connectivity index (χ4v) is 1.63. The predicted molar refractivity (Wildman–Crippen MR) is 66.1 cm³/mol. The summed E-state index contributed by atoms with van der Waals surface area (Å²) in [4.78, 5) is 7.52. The number of hydrogen-bond donors (Lipinski definition) is 3. The average Bonchev–Trinajstić information content (AvgIpc) is 2.59. The highest BCUT2D eigenvalue weighted by molar-refractivity contribution is 5.76. The van der Waals surface area contributed by atoms with E-state index in [1.54, 1.807) is 6.07 Å². The highest BCUT2D eigenvalue weighted by Gasteiger charge is 2.12. The van der Waals surface area contributed by atoms with Gasteiger partial charge in [-0.25, -0.2) is 4.98 Å². The average molecular weight is 233 g/mol. The lowest BCUT2D eigenvalue weighted by Gasteiger charge is -2.08. The number of benzene rings is 1. The van der Waals surface area contributed by atoms with Gasteiger partial charge in [-0.1, -0.05) is 0 Å². The van der Waals surface area contributed by atoms with Crippen molar-refractivity contribution in [1.29, 1.82) is 0 Å². The third-order valence-corrected chi connectivity index (χ3v) is 2.73. The van der Waals surface area contributed by atoms with Crippen LogP contribution >= 0.6 is 0 Å². The molecule has 5 heteroatoms. The van der Waals surface area contributed by atoms with Crippen molar-refractivity contribution in [3.8, 4) is 22.9 Å². The number of nitrogens with zero attached hydrogens (tertiary/aromatic N) is 1. The van der Waals surface area contributed by atoms with Gasteiger partial charge in [-0.15, -0.1) is 0 Å². The van der Waals surface area contributed by atoms with E-state index >= 15 is 0 Å². The minimum atomic E-state index is 0.0220. The van der Waals surface area contributed by atoms with Gasteiger partial charge in [0.15, 0.2) is 11.5 Å². The Morgan fingerprint density at radius 3 is 2.59 bits per heavy atom. The number of methoxy groups -OCH3 is 1. The van der Waals surface area contributed by atoms with Crippen LogP contribution < -0.4 is 10.5 Å². The summed E-state index contributed by atoms with van der Waals surface area (Å²) >= 11 is 0. The molecule has 0 aliphatic carbocycles. The lowest BCUT2D eigenvalue weighted by Crippen LogP contribution is -1.94. The van der Waals surface area contributed by atoms with E-state index in [-0.39, 0.29) is 5.75 Å². The maximum absolute atomic E-state index is 9.59. The van der Waals surface area contributed by atoms with Crippen LogP contribution in [0.2, 0.25) is 0 Å². The first-order valence-corrected chi connectivity index (χ1v) is 5.23. The van der Waals surface area contributed by atoms with Gasteiger partial charge in [0.05, 0.1) is 12.8 Å². The summed E-state index contributed by atoms with van der Waals surface area (Å²) in [6.45, 7) is 3.86. The first-order chi connectivity index (χ1) is 8.02. The van der Waals surface area contributed by atoms with Crippen LogP contribution in [0.25, 0.3) is 11.4 Å². The molecule has 0 aliphatic heterocycles. The summed E-state index contributed by atoms with van der Waals surface area (Å²) in [6, 6.07) is 3.13. The monoisotopic (exact) mass is 233 g/mol. The molecule has 2 rings (SSSR count). The van der Waals surface area contributed by atoms with Crippen LogP contribution in [-0.4, -0.2) is 22.2 Å². The number of H-pyrrole nitrogens is 1. The maximum Gasteiger partial charge on any atom is 0.161 e. The number of anilines is 1. The number of phenolic OH excluding ortho intramolecular Hbond substituents is 1. The Kier molecular flexibility index (Phi) is 2.67. The summed E-state index contributed by atoms with van der Waals surface area (Å²) in [5, 5.41) is 9.59. The molecule has 0 saturated carbocycles. The van der Waals surface area contributed by atoms with Crippen LogP contribution in [0.1, 0.15) is 11.4 Å². The van der Waals surface area contributed by atoms with E-state index in [0.717, 1.165) is 17.0 Å². The number of nitrogen functional groups attached to an aromatic ring is 1. The lowest BCUT2D eigenvalue weighted by molar-refractivity contribution is 0.374. The normalized spacial score (nSPS) is 10.5. The number of aromatic amines is 1. The van der Waals surface area contributed by atoms with Crippen molar-refractivity contribution >= 4 is 5.69 Å². The molecular formula is C12H15N3O2. The van der Waals surface area contributed by atoms with Gasteiger partial charge < -0.3 is 20.6 Å². The van der Waals surface area contributed by atoms with E-state index in [1.165, 1.54) is 13.2 Å². The second-order valence-corrected chi connectivity index (χ2v) is 3.91. The van der Waals surface area contributed by atoms with E-state index < -0.39 is 0 Å². The number of phenols is 1. The quantitative estimate of drug-likeness (QED) is 0.692. The van der Waals surface area contributed by atoms with Gasteiger partial charge in [0, 0.05) is 23.0 Å². The molecule has 1 aromatic heterocycles. The molecule has 0 atom stereocenters. The fraction of sp³-hybridized carbons (Fsp3) is 0.250. The van der Waals surface area contributed by atoms with E-state index in [9.17, 15) is 5.11 Å². The molecule has 90 valence electrons. The topological polar surface area (TPSA) is 84.2 Å². The zero-order valence-corrected chi connectivity index (χ0v) is 10.0. The van der Waals surface area contributed by atoms with E-state index in [2.05, 4.69) is 9.97 Å². The summed E-state index contributed by atoms with van der Waals surface area (Å²) in [5.41, 5.74) is 8.95. The minimum Gasteiger partial charge on any atom is -0.504 e. The van der Waals surface area contributed by atoms with Gasteiger partial charge in [-0.3, -0.25) is 0 Å². The van der Waals surface area contributed by atoms with Gasteiger partial charge in [0.25, 0.3) is 0 Å². The number of aromatic nitrogens is 2. The number of imidazole rings is 1. The number of nitrogens with one attached hydrogen (secondary N) is 1. The molecule has 0 spiro atoms. The van der Waals surface area contributed by atoms with Gasteiger partial charge in [-0.2, -0.15) is 0 Å². The fourth-order valence-electron chi connectivity index (χ4n) is 1.63. The Morgan fingerprint density at radius 2 is 2.06 bits per heavy atom. The second kappa shape index (κ2) is 4.01. The van der Waals surface area contributed by atoms with E-state index in [0.29, 0.717) is 17.3 Å². The highest BCUT2D eigenvalue weighted by atomic mass is 16.5. The molecule has 0 amide bonds. The van der Waals surface area contributed by atoms with Gasteiger partial charge in [0.1, 0.15) is 5.82 Å². The largest absolute Gasteiger partial charge is 0.504 e. The number of aromatic hydroxyl groups is 1. The molecular weight excluding hydrogens is 218 g/mol. The van der Waals surface area contributed by atoms with Crippen molar-refractivity contribution in [2.24, 2.45) is 0 Å². The number of ether oxygens (including phenoxy) is 1. The maximum atomic E-state index is 9.59. The Labute approximate surface area is 99.3 Å². The van der Waals surface area contributed by atoms with Crippen molar-refractivity contribution in [2.75, 3.05) is 12.8 Å². The summed E-state index contributed by atoms with van der Waals surface area (Å²) < 4.78 is 5.05. The Balaban J connectivity index is 2.58. The molecule has 0 fully saturated rings. The van der Waals surface area contributed by atoms with Crippen LogP contribution in [0.5, 0.6) is 11.5 Å². The smallest absolute Gasteiger partial charge is 0.161 e. The Bertz CT molecular complexity index is 542. The number of nitrogens with two attached hydrogens (primary N) is 1. The first-order valence-electron chi connectivity index (χ1n) is 5.23. The SMILES string of the molecule is COc1cc(-c2nc(C)c(C)[nH]2)c(N)cc1O. The van der Waals surface area contributed by atoms with Crippen LogP contribution in [0.3, 0.4) is 0 Å². The standard InChI is InChI=1S/C12H15N3O2/c1-6-7(2)15-12(14-6)8-4-11(17-3)10(16)5-9(8)13/h4-5,16H,13H2,1-3H3,(H,14,15). The molecule has 0 bridgehead atoms. The lowest BCUT2D eigenvalue weighted by atomic mass is 10.1. The Morgan fingerprint density at radius 1 is 1.35 bits per heavy atom. The molecule has 2 aromatic rings. The van der Waals surface area contributed by atoms with Crippen molar-refractivity contribution in [3.05, 3.63) is 23.5 Å². The van der Waals surface area contributed by atoms with Gasteiger partial charge >= 0.3 is 0 Å². The summed E-state index contributed by atoms with van der Waals surface area (Å²) in [7, 11) is 1.49. The van der Waals surface area contributed by atoms with Gasteiger partial charge in [-0.05, 0) is 19.9 Å². The van der Waals surface area contributed by atoms with Crippen molar-refractivity contribution in [3.63, 3.8) is 0 Å². The molecule has 0 radical (unpaired) electrons. The van der Waals surface area contributed by atoms with E-state index in [4.69, 9.17) is 10.5 Å². The van der Waals surface area contributed by atoms with Crippen molar-refractivity contribution < 1.29 is 9.84 Å². The molecule has 4 N–H and O–H groups in total. The third kappa shape index (κ3) is 1.91. The third-order valence-electron chi connectivity index (χ3n) is 2.73. The molecule has 5 nitrogen and oxygen atoms in total. The van der Waals surface area contributed by atoms with Crippen molar-refractivity contribution in [2.45, 2.75) is 13.8 Å². The molecule has 0 saturated heterocycles. The van der Waals surface area contributed by atoms with Crippen LogP contribution in [0, 0.1) is 13.8 Å². The zero-order chi connectivity index (χ0) is 12.6. The van der Waals surface area contributed by atoms with Crippen molar-refractivity contribution in [1.82, 2.24) is 9.97 Å². The van der Waals surface area contributed by atoms with Gasteiger partial charge in [0.2, 0.25) is 0 Å². The summed E-state index contributed by atoms with van der Waals surface area (Å²) in [5.74, 6) is 1.07. The number of aryl methyl sites for hydroxylation is 2. The molecule has 0 unspecified atom stereocenters. The number of rotatable bonds is 2. The zero-order valence-electron chi connectivity index (χ0n) is 10.0. The van der Waals surface area contributed by atoms with Crippen LogP contribution in [-0.2, 0) is 0 Å². The second-order valence-electron chi connectivity index (χ2n) is 3.91. The van der Waals surface area contributed by atoms with Crippen LogP contribution in [0.15, 0.2) is 12.1 Å². The molecule has 0 aliphatic rings. The Hall–Kier alpha value is -2.17. The number of hydrogen-bond acceptors (Lipinski definition) is 4. The van der Waals surface area contributed by atoms with E-state index in [1.807, 2.05) is 13.8 Å². The van der Waals surface area contributed by atoms with Crippen LogP contribution in [0.4, 0.5) is 5.69 Å². The minimum absolute atomic E-state index is 0.0220. The molecule has 17 heavy (non-hydrogen) atoms. The molecule has 1 aromatic carbocycles. The first kappa shape index (κ1) is 11.3. The predicted octanol–water partition coefficient (Wildman–Crippen LogP) is 1.99. The summed E-state index contributed by atoms with van der Waals surface area (Å²) in [6.07, 6.45) is 0. The highest BCUT2D eigenvalue weighted by Crippen LogP contribution is 2.35. The molecule has 1 heterocycles.